The van der Waals surface area contributed by atoms with E-state index in [0.29, 0.717) is 12.8 Å². The lowest BCUT2D eigenvalue weighted by Gasteiger charge is -2.27. The monoisotopic (exact) mass is 208 g/mol. The van der Waals surface area contributed by atoms with Gasteiger partial charge >= 0.3 is 0 Å². The largest absolute Gasteiger partial charge is 0.386 e. The summed E-state index contributed by atoms with van der Waals surface area (Å²) in [6.45, 7) is 0.102. The summed E-state index contributed by atoms with van der Waals surface area (Å²) in [5.74, 6) is 0. The fraction of sp³-hybridized carbons (Fsp3) is 1.00. The zero-order chi connectivity index (χ0) is 10.1. The average molecular weight is 208 g/mol. The number of ether oxygens (including phenoxy) is 1. The second-order valence-corrected chi connectivity index (χ2v) is 5.98. The van der Waals surface area contributed by atoms with Gasteiger partial charge in [0.25, 0.3) is 0 Å². The third-order valence-corrected chi connectivity index (χ3v) is 4.29. The normalized spacial score (nSPS) is 35.2. The molecule has 1 rings (SSSR count). The molecule has 0 heterocycles. The lowest BCUT2D eigenvalue weighted by molar-refractivity contribution is -0.0227. The van der Waals surface area contributed by atoms with Gasteiger partial charge in [0, 0.05) is 13.4 Å². The Kier molecular flexibility index (Phi) is 2.99. The Morgan fingerprint density at radius 2 is 2.23 bits per heavy atom. The van der Waals surface area contributed by atoms with Crippen LogP contribution in [0.1, 0.15) is 19.3 Å². The molecule has 0 aromatic carbocycles. The maximum atomic E-state index is 11.3. The summed E-state index contributed by atoms with van der Waals surface area (Å²) < 4.78 is 27.5. The van der Waals surface area contributed by atoms with Crippen molar-refractivity contribution in [2.24, 2.45) is 0 Å². The van der Waals surface area contributed by atoms with Gasteiger partial charge in [-0.3, -0.25) is 0 Å². The molecule has 0 bridgehead atoms. The molecule has 1 aliphatic carbocycles. The molecule has 2 atom stereocenters. The molecule has 13 heavy (non-hydrogen) atoms. The van der Waals surface area contributed by atoms with Crippen LogP contribution in [-0.2, 0) is 14.6 Å². The summed E-state index contributed by atoms with van der Waals surface area (Å²) >= 11 is 0. The molecule has 5 heteroatoms. The third-order valence-electron chi connectivity index (χ3n) is 2.59. The number of hydrogen-bond donors (Lipinski definition) is 1. The minimum absolute atomic E-state index is 0.102. The molecule has 4 nitrogen and oxygen atoms in total. The van der Waals surface area contributed by atoms with Crippen molar-refractivity contribution in [3.05, 3.63) is 0 Å². The second-order valence-electron chi connectivity index (χ2n) is 3.75. The van der Waals surface area contributed by atoms with E-state index < -0.39 is 20.7 Å². The topological polar surface area (TPSA) is 63.6 Å². The predicted molar refractivity (Wildman–Crippen MR) is 49.3 cm³/mol. The maximum absolute atomic E-state index is 11.3. The summed E-state index contributed by atoms with van der Waals surface area (Å²) in [6, 6.07) is 0. The van der Waals surface area contributed by atoms with Crippen molar-refractivity contribution in [3.63, 3.8) is 0 Å². The molecule has 1 aliphatic rings. The number of hydrogen-bond acceptors (Lipinski definition) is 4. The average Bonchev–Trinajstić information content (AvgIpc) is 2.30. The van der Waals surface area contributed by atoms with Crippen LogP contribution in [0.15, 0.2) is 0 Å². The molecule has 1 saturated carbocycles. The van der Waals surface area contributed by atoms with Gasteiger partial charge in [0.2, 0.25) is 0 Å². The fourth-order valence-electron chi connectivity index (χ4n) is 2.05. The highest BCUT2D eigenvalue weighted by Gasteiger charge is 2.46. The van der Waals surface area contributed by atoms with Crippen LogP contribution < -0.4 is 0 Å². The molecule has 0 aliphatic heterocycles. The van der Waals surface area contributed by atoms with Gasteiger partial charge in [-0.15, -0.1) is 0 Å². The molecule has 0 spiro atoms. The summed E-state index contributed by atoms with van der Waals surface area (Å²) in [5.41, 5.74) is -1.16. The van der Waals surface area contributed by atoms with E-state index >= 15 is 0 Å². The molecule has 2 unspecified atom stereocenters. The van der Waals surface area contributed by atoms with Gasteiger partial charge in [-0.2, -0.15) is 0 Å². The number of aliphatic hydroxyl groups is 1. The standard InChI is InChI=1S/C8H16O4S/c1-12-6-8(9)5-3-4-7(8)13(2,10)11/h7,9H,3-6H2,1-2H3. The van der Waals surface area contributed by atoms with Gasteiger partial charge < -0.3 is 9.84 Å². The quantitative estimate of drug-likeness (QED) is 0.707. The van der Waals surface area contributed by atoms with Gasteiger partial charge in [-0.1, -0.05) is 0 Å². The van der Waals surface area contributed by atoms with Crippen LogP contribution in [-0.4, -0.2) is 44.3 Å². The molecule has 1 fully saturated rings. The van der Waals surface area contributed by atoms with Crippen molar-refractivity contribution in [2.75, 3.05) is 20.0 Å². The van der Waals surface area contributed by atoms with E-state index in [2.05, 4.69) is 0 Å². The van der Waals surface area contributed by atoms with E-state index in [-0.39, 0.29) is 6.61 Å². The van der Waals surface area contributed by atoms with Crippen LogP contribution in [0.25, 0.3) is 0 Å². The van der Waals surface area contributed by atoms with Crippen molar-refractivity contribution in [1.29, 1.82) is 0 Å². The van der Waals surface area contributed by atoms with Crippen LogP contribution in [0.4, 0.5) is 0 Å². The smallest absolute Gasteiger partial charge is 0.153 e. The van der Waals surface area contributed by atoms with E-state index in [0.717, 1.165) is 6.42 Å². The Morgan fingerprint density at radius 1 is 1.62 bits per heavy atom. The highest BCUT2D eigenvalue weighted by Crippen LogP contribution is 2.34. The number of methoxy groups -OCH3 is 1. The number of sulfone groups is 1. The van der Waals surface area contributed by atoms with Crippen molar-refractivity contribution in [3.8, 4) is 0 Å². The predicted octanol–water partition coefficient (Wildman–Crippen LogP) is -0.0390. The first-order valence-electron chi connectivity index (χ1n) is 4.30. The Morgan fingerprint density at radius 3 is 2.69 bits per heavy atom. The van der Waals surface area contributed by atoms with E-state index in [1.807, 2.05) is 0 Å². The molecule has 78 valence electrons. The van der Waals surface area contributed by atoms with Crippen LogP contribution in [0.2, 0.25) is 0 Å². The van der Waals surface area contributed by atoms with Crippen LogP contribution in [0.3, 0.4) is 0 Å². The Labute approximate surface area is 78.8 Å². The van der Waals surface area contributed by atoms with E-state index in [9.17, 15) is 13.5 Å². The molecule has 0 aromatic heterocycles. The Bertz CT molecular complexity index is 272. The molecule has 0 aromatic rings. The van der Waals surface area contributed by atoms with Crippen molar-refractivity contribution < 1.29 is 18.3 Å². The number of rotatable bonds is 3. The van der Waals surface area contributed by atoms with E-state index in [1.165, 1.54) is 13.4 Å². The van der Waals surface area contributed by atoms with Gasteiger partial charge in [0.05, 0.1) is 11.9 Å². The lowest BCUT2D eigenvalue weighted by atomic mass is 10.0. The molecular formula is C8H16O4S. The summed E-state index contributed by atoms with van der Waals surface area (Å²) in [7, 11) is -1.69. The highest BCUT2D eigenvalue weighted by molar-refractivity contribution is 7.91. The van der Waals surface area contributed by atoms with Gasteiger partial charge in [-0.05, 0) is 19.3 Å². The zero-order valence-electron chi connectivity index (χ0n) is 7.99. The van der Waals surface area contributed by atoms with Crippen LogP contribution in [0, 0.1) is 0 Å². The molecule has 0 amide bonds. The molecule has 1 N–H and O–H groups in total. The molecule has 0 saturated heterocycles. The van der Waals surface area contributed by atoms with Crippen molar-refractivity contribution in [2.45, 2.75) is 30.1 Å². The first-order valence-corrected chi connectivity index (χ1v) is 6.26. The zero-order valence-corrected chi connectivity index (χ0v) is 8.80. The first-order chi connectivity index (χ1) is 5.90. The second kappa shape index (κ2) is 3.55. The SMILES string of the molecule is COCC1(O)CCCC1S(C)(=O)=O. The third kappa shape index (κ3) is 2.21. The summed E-state index contributed by atoms with van der Waals surface area (Å²) in [4.78, 5) is 0. The van der Waals surface area contributed by atoms with Crippen LogP contribution >= 0.6 is 0 Å². The summed E-state index contributed by atoms with van der Waals surface area (Å²) in [6.07, 6.45) is 2.97. The maximum Gasteiger partial charge on any atom is 0.153 e. The van der Waals surface area contributed by atoms with Crippen molar-refractivity contribution >= 4 is 9.84 Å². The van der Waals surface area contributed by atoms with Crippen molar-refractivity contribution in [1.82, 2.24) is 0 Å². The van der Waals surface area contributed by atoms with Crippen LogP contribution in [0.5, 0.6) is 0 Å². The van der Waals surface area contributed by atoms with E-state index in [4.69, 9.17) is 4.74 Å². The Hall–Kier alpha value is -0.130. The van der Waals surface area contributed by atoms with Gasteiger partial charge in [0.1, 0.15) is 5.60 Å². The Balaban J connectivity index is 2.86. The molecular weight excluding hydrogens is 192 g/mol. The van der Waals surface area contributed by atoms with Gasteiger partial charge in [-0.25, -0.2) is 8.42 Å². The minimum Gasteiger partial charge on any atom is -0.386 e. The van der Waals surface area contributed by atoms with E-state index in [1.54, 1.807) is 0 Å². The molecule has 0 radical (unpaired) electrons. The first kappa shape index (κ1) is 10.9. The fourth-order valence-corrected chi connectivity index (χ4v) is 3.63. The highest BCUT2D eigenvalue weighted by atomic mass is 32.2. The summed E-state index contributed by atoms with van der Waals surface area (Å²) in [5, 5.41) is 9.33. The lowest BCUT2D eigenvalue weighted by Crippen LogP contribution is -2.45. The minimum atomic E-state index is -3.16. The van der Waals surface area contributed by atoms with Gasteiger partial charge in [0.15, 0.2) is 9.84 Å².